The van der Waals surface area contributed by atoms with E-state index in [-0.39, 0.29) is 30.0 Å². The molecule has 2 fully saturated rings. The van der Waals surface area contributed by atoms with Gasteiger partial charge in [-0.1, -0.05) is 33.8 Å². The van der Waals surface area contributed by atoms with Crippen LogP contribution in [0.1, 0.15) is 63.9 Å². The lowest BCUT2D eigenvalue weighted by atomic mass is 10.1. The molecule has 2 aliphatic rings. The second kappa shape index (κ2) is 16.5. The molecule has 2 aromatic carbocycles. The molecule has 0 saturated carbocycles. The van der Waals surface area contributed by atoms with Gasteiger partial charge in [-0.15, -0.1) is 0 Å². The van der Waals surface area contributed by atoms with Gasteiger partial charge in [0.05, 0.1) is 24.3 Å². The van der Waals surface area contributed by atoms with E-state index < -0.39 is 0 Å². The Hall–Kier alpha value is -3.08. The van der Waals surface area contributed by atoms with E-state index in [4.69, 9.17) is 24.6 Å². The molecule has 35 heavy (non-hydrogen) atoms. The fourth-order valence-electron chi connectivity index (χ4n) is 3.65. The molecule has 192 valence electrons. The highest BCUT2D eigenvalue weighted by molar-refractivity contribution is 5.94. The van der Waals surface area contributed by atoms with Crippen molar-refractivity contribution in [1.29, 1.82) is 5.26 Å². The number of rotatable bonds is 5. The van der Waals surface area contributed by atoms with Crippen LogP contribution < -0.4 is 4.74 Å². The van der Waals surface area contributed by atoms with Gasteiger partial charge in [0.15, 0.2) is 6.10 Å². The molecule has 0 bridgehead atoms. The van der Waals surface area contributed by atoms with Crippen molar-refractivity contribution in [1.82, 2.24) is 4.90 Å². The first-order valence-electron chi connectivity index (χ1n) is 12.5. The molecule has 2 aromatic rings. The van der Waals surface area contributed by atoms with Crippen LogP contribution in [0.15, 0.2) is 48.5 Å². The van der Waals surface area contributed by atoms with E-state index >= 15 is 0 Å². The summed E-state index contributed by atoms with van der Waals surface area (Å²) < 4.78 is 17.3. The fraction of sp³-hybridized carbons (Fsp3) is 0.500. The minimum atomic E-state index is -0.0585. The first kappa shape index (κ1) is 30.0. The molecule has 2 heterocycles. The van der Waals surface area contributed by atoms with Crippen LogP contribution in [0.5, 0.6) is 11.5 Å². The number of benzene rings is 2. The molecule has 7 nitrogen and oxygen atoms in total. The van der Waals surface area contributed by atoms with Crippen molar-refractivity contribution in [3.05, 3.63) is 59.7 Å². The third kappa shape index (κ3) is 8.89. The zero-order valence-corrected chi connectivity index (χ0v) is 21.9. The predicted molar refractivity (Wildman–Crippen MR) is 138 cm³/mol. The number of carbonyl (C=O) groups excluding carboxylic acids is 1. The number of fused-ring (bicyclic) bond motifs is 1. The van der Waals surface area contributed by atoms with Crippen LogP contribution in [0.3, 0.4) is 0 Å². The molecule has 1 amide bonds. The van der Waals surface area contributed by atoms with Gasteiger partial charge >= 0.3 is 0 Å². The van der Waals surface area contributed by atoms with Crippen LogP contribution in [0.2, 0.25) is 0 Å². The fourth-order valence-corrected chi connectivity index (χ4v) is 3.65. The van der Waals surface area contributed by atoms with Gasteiger partial charge in [-0.3, -0.25) is 4.79 Å². The lowest BCUT2D eigenvalue weighted by Gasteiger charge is -2.20. The molecule has 3 unspecified atom stereocenters. The second-order valence-electron chi connectivity index (χ2n) is 7.32. The third-order valence-corrected chi connectivity index (χ3v) is 5.33. The quantitative estimate of drug-likeness (QED) is 0.609. The standard InChI is InChI=1S/C17H23NO4.C7H5NO.2C2H6/c1-3-18(4-2)17(19)12-5-7-13(8-6-12)22-15-11-21-14-9-10-20-16(14)15;8-5-6-2-1-3-7(9)4-6;2*1-2/h5-8,14-16H,3-4,9-11H2,1-2H3;1-4,9H;2*1-2H3. The number of phenols is 1. The minimum Gasteiger partial charge on any atom is -0.508 e. The number of hydrogen-bond donors (Lipinski definition) is 1. The Kier molecular flexibility index (Phi) is 14.1. The van der Waals surface area contributed by atoms with Crippen LogP contribution in [-0.4, -0.2) is 60.5 Å². The van der Waals surface area contributed by atoms with Crippen molar-refractivity contribution < 1.29 is 24.1 Å². The van der Waals surface area contributed by atoms with Gasteiger partial charge in [-0.25, -0.2) is 0 Å². The number of hydrogen-bond acceptors (Lipinski definition) is 6. The minimum absolute atomic E-state index is 0.0389. The highest BCUT2D eigenvalue weighted by Gasteiger charge is 2.43. The molecule has 4 rings (SSSR count). The van der Waals surface area contributed by atoms with Gasteiger partial charge in [-0.05, 0) is 62.7 Å². The van der Waals surface area contributed by atoms with Crippen molar-refractivity contribution in [2.24, 2.45) is 0 Å². The third-order valence-electron chi connectivity index (χ3n) is 5.33. The summed E-state index contributed by atoms with van der Waals surface area (Å²) in [4.78, 5) is 14.1. The summed E-state index contributed by atoms with van der Waals surface area (Å²) in [5.41, 5.74) is 1.17. The molecule has 0 aliphatic carbocycles. The van der Waals surface area contributed by atoms with E-state index in [9.17, 15) is 4.79 Å². The summed E-state index contributed by atoms with van der Waals surface area (Å²) in [6.07, 6.45) is 1.10. The smallest absolute Gasteiger partial charge is 0.253 e. The van der Waals surface area contributed by atoms with Crippen molar-refractivity contribution in [3.8, 4) is 17.6 Å². The average Bonchev–Trinajstić information content (AvgIpc) is 3.53. The summed E-state index contributed by atoms with van der Waals surface area (Å²) in [6.45, 7) is 14.7. The average molecular weight is 485 g/mol. The number of phenolic OH excluding ortho intramolecular Hbond substituents is 1. The van der Waals surface area contributed by atoms with E-state index in [1.807, 2.05) is 71.9 Å². The molecule has 0 radical (unpaired) electrons. The van der Waals surface area contributed by atoms with Crippen molar-refractivity contribution >= 4 is 5.91 Å². The maximum atomic E-state index is 12.3. The van der Waals surface area contributed by atoms with Gasteiger partial charge in [0, 0.05) is 25.3 Å². The molecule has 0 spiro atoms. The van der Waals surface area contributed by atoms with E-state index in [1.54, 1.807) is 17.0 Å². The molecule has 7 heteroatoms. The summed E-state index contributed by atoms with van der Waals surface area (Å²) in [5, 5.41) is 17.1. The topological polar surface area (TPSA) is 92.0 Å². The van der Waals surface area contributed by atoms with E-state index in [1.165, 1.54) is 12.1 Å². The normalized spacial score (nSPS) is 19.3. The summed E-state index contributed by atoms with van der Waals surface area (Å²) in [6, 6.07) is 15.5. The molecule has 3 atom stereocenters. The Morgan fingerprint density at radius 2 is 1.74 bits per heavy atom. The first-order chi connectivity index (χ1) is 17.0. The maximum absolute atomic E-state index is 12.3. The SMILES string of the molecule is CC.CC.CCN(CC)C(=O)c1ccc(OC2COC3CCOC32)cc1.N#Cc1cccc(O)c1. The van der Waals surface area contributed by atoms with Crippen molar-refractivity contribution in [2.45, 2.75) is 66.3 Å². The monoisotopic (exact) mass is 484 g/mol. The molecule has 2 saturated heterocycles. The molecule has 0 aromatic heterocycles. The van der Waals surface area contributed by atoms with Crippen molar-refractivity contribution in [2.75, 3.05) is 26.3 Å². The van der Waals surface area contributed by atoms with E-state index in [0.29, 0.717) is 30.8 Å². The Balaban J connectivity index is 0.000000394. The Morgan fingerprint density at radius 1 is 1.09 bits per heavy atom. The lowest BCUT2D eigenvalue weighted by Crippen LogP contribution is -2.32. The largest absolute Gasteiger partial charge is 0.508 e. The molecular formula is C28H40N2O5. The first-order valence-corrected chi connectivity index (χ1v) is 12.5. The number of amides is 1. The zero-order valence-electron chi connectivity index (χ0n) is 21.9. The molecular weight excluding hydrogens is 444 g/mol. The summed E-state index contributed by atoms with van der Waals surface area (Å²) in [7, 11) is 0. The second-order valence-corrected chi connectivity index (χ2v) is 7.32. The van der Waals surface area contributed by atoms with Crippen LogP contribution >= 0.6 is 0 Å². The Morgan fingerprint density at radius 3 is 2.29 bits per heavy atom. The van der Waals surface area contributed by atoms with Gasteiger partial charge in [0.2, 0.25) is 0 Å². The maximum Gasteiger partial charge on any atom is 0.253 e. The number of nitriles is 1. The lowest BCUT2D eigenvalue weighted by molar-refractivity contribution is 0.0308. The number of ether oxygens (including phenoxy) is 3. The van der Waals surface area contributed by atoms with Gasteiger partial charge in [0.25, 0.3) is 5.91 Å². The number of carbonyl (C=O) groups is 1. The van der Waals surface area contributed by atoms with Crippen molar-refractivity contribution in [3.63, 3.8) is 0 Å². The Labute approximate surface area is 210 Å². The highest BCUT2D eigenvalue weighted by atomic mass is 16.6. The van der Waals surface area contributed by atoms with Gasteiger partial charge < -0.3 is 24.2 Å². The van der Waals surface area contributed by atoms with Crippen LogP contribution in [0.25, 0.3) is 0 Å². The van der Waals surface area contributed by atoms with Crippen LogP contribution in [0.4, 0.5) is 0 Å². The van der Waals surface area contributed by atoms with E-state index in [2.05, 4.69) is 0 Å². The summed E-state index contributed by atoms with van der Waals surface area (Å²) >= 11 is 0. The van der Waals surface area contributed by atoms with Crippen LogP contribution in [0, 0.1) is 11.3 Å². The van der Waals surface area contributed by atoms with Gasteiger partial charge in [-0.2, -0.15) is 5.26 Å². The van der Waals surface area contributed by atoms with Crippen LogP contribution in [-0.2, 0) is 9.47 Å². The molecule has 1 N–H and O–H groups in total. The molecule has 2 aliphatic heterocycles. The summed E-state index contributed by atoms with van der Waals surface area (Å²) in [5.74, 6) is 0.940. The number of nitrogens with zero attached hydrogens (tertiary/aromatic N) is 2. The highest BCUT2D eigenvalue weighted by Crippen LogP contribution is 2.29. The Bertz CT molecular complexity index is 906. The predicted octanol–water partition coefficient (Wildman–Crippen LogP) is 5.42. The van der Waals surface area contributed by atoms with E-state index in [0.717, 1.165) is 18.8 Å². The van der Waals surface area contributed by atoms with Gasteiger partial charge in [0.1, 0.15) is 17.6 Å². The zero-order chi connectivity index (χ0) is 26.2. The number of aromatic hydroxyl groups is 1.